The van der Waals surface area contributed by atoms with Crippen molar-refractivity contribution in [2.75, 3.05) is 18.4 Å². The zero-order valence-corrected chi connectivity index (χ0v) is 12.3. The van der Waals surface area contributed by atoms with Gasteiger partial charge < -0.3 is 5.32 Å². The molecule has 0 aliphatic carbocycles. The smallest absolute Gasteiger partial charge is 0.144 e. The van der Waals surface area contributed by atoms with Crippen LogP contribution in [0.3, 0.4) is 0 Å². The molecule has 102 valence electrons. The largest absolute Gasteiger partial charge is 0.369 e. The van der Waals surface area contributed by atoms with Crippen LogP contribution in [0.4, 0.5) is 5.82 Å². The Morgan fingerprint density at radius 1 is 1.17 bits per heavy atom. The highest BCUT2D eigenvalue weighted by Crippen LogP contribution is 2.09. The molecule has 0 aromatic carbocycles. The Kier molecular flexibility index (Phi) is 6.05. The van der Waals surface area contributed by atoms with Crippen LogP contribution in [-0.4, -0.2) is 34.0 Å². The summed E-state index contributed by atoms with van der Waals surface area (Å²) in [6.07, 6.45) is 3.68. The van der Waals surface area contributed by atoms with Gasteiger partial charge in [-0.15, -0.1) is 0 Å². The minimum Gasteiger partial charge on any atom is -0.369 e. The third kappa shape index (κ3) is 5.00. The van der Waals surface area contributed by atoms with Gasteiger partial charge in [0.1, 0.15) is 5.82 Å². The number of nitrogens with one attached hydrogen (secondary N) is 1. The first-order valence-electron chi connectivity index (χ1n) is 6.81. The molecule has 0 aliphatic rings. The number of hydrogen-bond donors (Lipinski definition) is 1. The lowest BCUT2D eigenvalue weighted by molar-refractivity contribution is 0.187. The van der Waals surface area contributed by atoms with Crippen molar-refractivity contribution in [3.8, 4) is 0 Å². The van der Waals surface area contributed by atoms with Crippen molar-refractivity contribution >= 4 is 5.82 Å². The van der Waals surface area contributed by atoms with Gasteiger partial charge in [0.15, 0.2) is 0 Å². The lowest BCUT2D eigenvalue weighted by atomic mass is 10.1. The first-order valence-corrected chi connectivity index (χ1v) is 6.81. The summed E-state index contributed by atoms with van der Waals surface area (Å²) in [5.74, 6) is 1.52. The maximum atomic E-state index is 4.46. The Labute approximate surface area is 111 Å². The van der Waals surface area contributed by atoms with Crippen LogP contribution in [-0.2, 0) is 6.54 Å². The molecule has 1 aromatic heterocycles. The van der Waals surface area contributed by atoms with E-state index in [9.17, 15) is 0 Å². The predicted octanol–water partition coefficient (Wildman–Crippen LogP) is 2.77. The molecule has 1 rings (SSSR count). The van der Waals surface area contributed by atoms with E-state index >= 15 is 0 Å². The van der Waals surface area contributed by atoms with Crippen molar-refractivity contribution in [3.63, 3.8) is 0 Å². The molecule has 0 atom stereocenters. The predicted molar refractivity (Wildman–Crippen MR) is 76.6 cm³/mol. The van der Waals surface area contributed by atoms with Gasteiger partial charge in [-0.2, -0.15) is 0 Å². The Balaban J connectivity index is 2.63. The number of anilines is 1. The van der Waals surface area contributed by atoms with Crippen LogP contribution in [0.1, 0.15) is 40.3 Å². The molecule has 1 N–H and O–H groups in total. The highest BCUT2D eigenvalue weighted by Gasteiger charge is 2.12. The van der Waals surface area contributed by atoms with Gasteiger partial charge in [-0.25, -0.2) is 4.98 Å². The summed E-state index contributed by atoms with van der Waals surface area (Å²) >= 11 is 0. The Morgan fingerprint density at radius 2 is 1.89 bits per heavy atom. The van der Waals surface area contributed by atoms with E-state index in [1.807, 2.05) is 12.4 Å². The van der Waals surface area contributed by atoms with Crippen molar-refractivity contribution in [1.29, 1.82) is 0 Å². The van der Waals surface area contributed by atoms with Crippen LogP contribution in [0.5, 0.6) is 0 Å². The maximum Gasteiger partial charge on any atom is 0.144 e. The minimum atomic E-state index is 0.530. The average Bonchev–Trinajstić information content (AvgIpc) is 2.30. The fourth-order valence-electron chi connectivity index (χ4n) is 1.84. The topological polar surface area (TPSA) is 41.1 Å². The van der Waals surface area contributed by atoms with Crippen molar-refractivity contribution in [2.45, 2.75) is 47.2 Å². The quantitative estimate of drug-likeness (QED) is 0.808. The van der Waals surface area contributed by atoms with Gasteiger partial charge in [0.05, 0.1) is 18.1 Å². The Morgan fingerprint density at radius 3 is 2.33 bits per heavy atom. The first kappa shape index (κ1) is 14.9. The molecule has 0 radical (unpaired) electrons. The molecule has 1 aromatic rings. The van der Waals surface area contributed by atoms with E-state index in [1.54, 1.807) is 0 Å². The zero-order valence-electron chi connectivity index (χ0n) is 12.3. The fourth-order valence-corrected chi connectivity index (χ4v) is 1.84. The van der Waals surface area contributed by atoms with Crippen LogP contribution in [0.15, 0.2) is 12.4 Å². The van der Waals surface area contributed by atoms with E-state index in [0.717, 1.165) is 31.1 Å². The molecular weight excluding hydrogens is 224 g/mol. The van der Waals surface area contributed by atoms with Crippen LogP contribution < -0.4 is 5.32 Å². The van der Waals surface area contributed by atoms with Crippen LogP contribution in [0, 0.1) is 5.92 Å². The van der Waals surface area contributed by atoms with E-state index in [1.165, 1.54) is 0 Å². The molecule has 0 spiro atoms. The molecule has 0 aliphatic heterocycles. The van der Waals surface area contributed by atoms with E-state index in [-0.39, 0.29) is 0 Å². The maximum absolute atomic E-state index is 4.46. The summed E-state index contributed by atoms with van der Waals surface area (Å²) in [5, 5.41) is 3.16. The SMILES string of the molecule is CCNc1cnc(CN(CC(C)C)C(C)C)cn1. The second-order valence-corrected chi connectivity index (χ2v) is 5.34. The number of nitrogens with zero attached hydrogens (tertiary/aromatic N) is 3. The lowest BCUT2D eigenvalue weighted by Crippen LogP contribution is -2.33. The van der Waals surface area contributed by atoms with Gasteiger partial charge in [0.25, 0.3) is 0 Å². The molecule has 0 saturated carbocycles. The van der Waals surface area contributed by atoms with Gasteiger partial charge in [-0.3, -0.25) is 9.88 Å². The number of hydrogen-bond acceptors (Lipinski definition) is 4. The molecule has 18 heavy (non-hydrogen) atoms. The van der Waals surface area contributed by atoms with Crippen molar-refractivity contribution in [1.82, 2.24) is 14.9 Å². The zero-order chi connectivity index (χ0) is 13.5. The molecule has 0 unspecified atom stereocenters. The van der Waals surface area contributed by atoms with E-state index in [4.69, 9.17) is 0 Å². The summed E-state index contributed by atoms with van der Waals surface area (Å²) in [5.41, 5.74) is 1.03. The summed E-state index contributed by atoms with van der Waals surface area (Å²) < 4.78 is 0. The van der Waals surface area contributed by atoms with E-state index < -0.39 is 0 Å². The van der Waals surface area contributed by atoms with Gasteiger partial charge in [-0.05, 0) is 26.7 Å². The molecule has 4 nitrogen and oxygen atoms in total. The molecule has 0 amide bonds. The van der Waals surface area contributed by atoms with Crippen molar-refractivity contribution < 1.29 is 0 Å². The van der Waals surface area contributed by atoms with E-state index in [2.05, 4.69) is 54.8 Å². The summed E-state index contributed by atoms with van der Waals surface area (Å²) in [7, 11) is 0. The standard InChI is InChI=1S/C14H26N4/c1-6-15-14-8-16-13(7-17-14)10-18(12(4)5)9-11(2)3/h7-8,11-12H,6,9-10H2,1-5H3,(H,15,17). The summed E-state index contributed by atoms with van der Waals surface area (Å²) in [6.45, 7) is 13.8. The van der Waals surface area contributed by atoms with Crippen molar-refractivity contribution in [3.05, 3.63) is 18.1 Å². The van der Waals surface area contributed by atoms with Gasteiger partial charge in [0, 0.05) is 25.7 Å². The third-order valence-corrected chi connectivity index (χ3v) is 2.76. The second kappa shape index (κ2) is 7.31. The van der Waals surface area contributed by atoms with Gasteiger partial charge >= 0.3 is 0 Å². The second-order valence-electron chi connectivity index (χ2n) is 5.34. The normalized spacial score (nSPS) is 11.6. The highest BCUT2D eigenvalue weighted by atomic mass is 15.2. The van der Waals surface area contributed by atoms with Crippen LogP contribution in [0.2, 0.25) is 0 Å². The fraction of sp³-hybridized carbons (Fsp3) is 0.714. The van der Waals surface area contributed by atoms with Crippen LogP contribution in [0.25, 0.3) is 0 Å². The molecular formula is C14H26N4. The van der Waals surface area contributed by atoms with Gasteiger partial charge in [0.2, 0.25) is 0 Å². The lowest BCUT2D eigenvalue weighted by Gasteiger charge is -2.27. The van der Waals surface area contributed by atoms with E-state index in [0.29, 0.717) is 12.0 Å². The molecule has 0 saturated heterocycles. The highest BCUT2D eigenvalue weighted by molar-refractivity contribution is 5.30. The summed E-state index contributed by atoms with van der Waals surface area (Å²) in [6, 6.07) is 0.530. The van der Waals surface area contributed by atoms with Crippen LogP contribution >= 0.6 is 0 Å². The summed E-state index contributed by atoms with van der Waals surface area (Å²) in [4.78, 5) is 11.3. The molecule has 4 heteroatoms. The number of aromatic nitrogens is 2. The number of rotatable bonds is 7. The Hall–Kier alpha value is -1.16. The molecule has 0 fully saturated rings. The van der Waals surface area contributed by atoms with Gasteiger partial charge in [-0.1, -0.05) is 13.8 Å². The molecule has 0 bridgehead atoms. The first-order chi connectivity index (χ1) is 8.52. The minimum absolute atomic E-state index is 0.530. The average molecular weight is 250 g/mol. The molecule has 1 heterocycles. The van der Waals surface area contributed by atoms with Crippen molar-refractivity contribution in [2.24, 2.45) is 5.92 Å². The third-order valence-electron chi connectivity index (χ3n) is 2.76. The monoisotopic (exact) mass is 250 g/mol. The Bertz CT molecular complexity index is 332.